The second-order valence-electron chi connectivity index (χ2n) is 17.8. The quantitative estimate of drug-likeness (QED) is 0.122. The average Bonchev–Trinajstić information content (AvgIpc) is 3.47. The Morgan fingerprint density at radius 3 is 0.639 bits per heavy atom. The third kappa shape index (κ3) is 9.04. The largest absolute Gasteiger partial charge is 0.311 e. The van der Waals surface area contributed by atoms with E-state index in [4.69, 9.17) is 9.97 Å². The Kier molecular flexibility index (Phi) is 12.0. The molecule has 0 aliphatic heterocycles. The van der Waals surface area contributed by atoms with Crippen LogP contribution in [0.15, 0.2) is 291 Å². The molecule has 0 aliphatic rings. The van der Waals surface area contributed by atoms with Gasteiger partial charge in [0.2, 0.25) is 0 Å². The van der Waals surface area contributed by atoms with E-state index in [1.165, 1.54) is 22.3 Å². The fourth-order valence-corrected chi connectivity index (χ4v) is 9.57. The van der Waals surface area contributed by atoms with Crippen LogP contribution in [-0.4, -0.2) is 9.97 Å². The Balaban J connectivity index is 0.806. The van der Waals surface area contributed by atoms with E-state index in [1.54, 1.807) is 0 Å². The maximum Gasteiger partial charge on any atom is 0.0973 e. The molecule has 0 unspecified atom stereocenters. The van der Waals surface area contributed by atoms with Crippen molar-refractivity contribution in [1.29, 1.82) is 0 Å². The molecule has 4 nitrogen and oxygen atoms in total. The molecule has 0 spiro atoms. The molecule has 1 aromatic heterocycles. The van der Waals surface area contributed by atoms with Gasteiger partial charge in [-0.15, -0.1) is 0 Å². The van der Waals surface area contributed by atoms with Gasteiger partial charge in [0, 0.05) is 45.3 Å². The van der Waals surface area contributed by atoms with Crippen molar-refractivity contribution in [3.05, 3.63) is 291 Å². The fourth-order valence-electron chi connectivity index (χ4n) is 9.57. The Morgan fingerprint density at radius 2 is 0.361 bits per heavy atom. The number of rotatable bonds is 12. The second kappa shape index (κ2) is 19.8. The van der Waals surface area contributed by atoms with Crippen LogP contribution in [0.25, 0.3) is 78.1 Å². The number of hydrogen-bond acceptors (Lipinski definition) is 4. The lowest BCUT2D eigenvalue weighted by molar-refractivity contribution is 1.28. The van der Waals surface area contributed by atoms with Gasteiger partial charge in [-0.1, -0.05) is 206 Å². The highest BCUT2D eigenvalue weighted by Gasteiger charge is 2.17. The zero-order chi connectivity index (χ0) is 48.1. The maximum atomic E-state index is 5.24. The predicted molar refractivity (Wildman–Crippen MR) is 302 cm³/mol. The number of para-hydroxylation sites is 4. The molecule has 340 valence electrons. The van der Waals surface area contributed by atoms with Crippen molar-refractivity contribution >= 4 is 45.2 Å². The molecule has 0 N–H and O–H groups in total. The predicted octanol–water partition coefficient (Wildman–Crippen LogP) is 18.6. The first-order valence-electron chi connectivity index (χ1n) is 24.4. The minimum absolute atomic E-state index is 0.849. The molecule has 0 amide bonds. The van der Waals surface area contributed by atoms with Crippen molar-refractivity contribution in [3.63, 3.8) is 0 Å². The van der Waals surface area contributed by atoms with Crippen LogP contribution >= 0.6 is 0 Å². The second-order valence-corrected chi connectivity index (χ2v) is 17.8. The molecule has 12 aromatic rings. The highest BCUT2D eigenvalue weighted by atomic mass is 15.1. The minimum Gasteiger partial charge on any atom is -0.311 e. The van der Waals surface area contributed by atoms with E-state index < -0.39 is 0 Å². The lowest BCUT2D eigenvalue weighted by Crippen LogP contribution is -2.09. The lowest BCUT2D eigenvalue weighted by Gasteiger charge is -2.26. The standard InChI is InChI=1S/C68H48N4/c1-5-15-49(16-6-1)53-33-41-61(42-34-53)71(59-19-9-3-10-20-59)63-45-37-55(38-46-63)51-25-29-57(30-26-51)67-68(70-66-24-14-13-23-65(66)69-67)58-31-27-52(28-32-58)56-39-47-64(48-40-56)72(60-21-11-4-12-22-60)62-43-35-54(36-44-62)50-17-7-2-8-18-50/h1-48H. The summed E-state index contributed by atoms with van der Waals surface area (Å²) >= 11 is 0. The monoisotopic (exact) mass is 920 g/mol. The van der Waals surface area contributed by atoms with Gasteiger partial charge < -0.3 is 9.80 Å². The lowest BCUT2D eigenvalue weighted by atomic mass is 9.98. The molecule has 0 saturated heterocycles. The molecule has 0 bridgehead atoms. The van der Waals surface area contributed by atoms with Crippen LogP contribution in [0, 0.1) is 0 Å². The number of anilines is 6. The molecule has 1 heterocycles. The van der Waals surface area contributed by atoms with Gasteiger partial charge in [0.1, 0.15) is 0 Å². The van der Waals surface area contributed by atoms with Crippen LogP contribution in [0.4, 0.5) is 34.1 Å². The van der Waals surface area contributed by atoms with E-state index in [-0.39, 0.29) is 0 Å². The summed E-state index contributed by atoms with van der Waals surface area (Å²) in [5.41, 5.74) is 21.3. The van der Waals surface area contributed by atoms with E-state index in [9.17, 15) is 0 Å². The van der Waals surface area contributed by atoms with Gasteiger partial charge >= 0.3 is 0 Å². The van der Waals surface area contributed by atoms with Crippen molar-refractivity contribution < 1.29 is 0 Å². The third-order valence-corrected chi connectivity index (χ3v) is 13.3. The first kappa shape index (κ1) is 43.6. The Hall–Kier alpha value is -9.64. The van der Waals surface area contributed by atoms with Gasteiger partial charge in [-0.2, -0.15) is 0 Å². The molecule has 72 heavy (non-hydrogen) atoms. The minimum atomic E-state index is 0.849. The van der Waals surface area contributed by atoms with Gasteiger partial charge in [-0.05, 0) is 129 Å². The van der Waals surface area contributed by atoms with Crippen molar-refractivity contribution in [2.24, 2.45) is 0 Å². The summed E-state index contributed by atoms with van der Waals surface area (Å²) in [4.78, 5) is 15.1. The Bertz CT molecular complexity index is 3460. The summed E-state index contributed by atoms with van der Waals surface area (Å²) in [6.45, 7) is 0. The summed E-state index contributed by atoms with van der Waals surface area (Å²) in [5.74, 6) is 0. The number of aromatic nitrogens is 2. The smallest absolute Gasteiger partial charge is 0.0973 e. The first-order chi connectivity index (χ1) is 35.7. The van der Waals surface area contributed by atoms with Crippen molar-refractivity contribution in [2.45, 2.75) is 0 Å². The zero-order valence-electron chi connectivity index (χ0n) is 39.5. The van der Waals surface area contributed by atoms with Crippen LogP contribution in [0.3, 0.4) is 0 Å². The summed E-state index contributed by atoms with van der Waals surface area (Å²) in [6.07, 6.45) is 0. The fraction of sp³-hybridized carbons (Fsp3) is 0. The summed E-state index contributed by atoms with van der Waals surface area (Å²) in [5, 5.41) is 0. The van der Waals surface area contributed by atoms with Gasteiger partial charge in [0.15, 0.2) is 0 Å². The van der Waals surface area contributed by atoms with Gasteiger partial charge in [-0.3, -0.25) is 0 Å². The van der Waals surface area contributed by atoms with Gasteiger partial charge in [-0.25, -0.2) is 9.97 Å². The van der Waals surface area contributed by atoms with E-state index in [0.717, 1.165) is 89.9 Å². The highest BCUT2D eigenvalue weighted by Crippen LogP contribution is 2.40. The number of fused-ring (bicyclic) bond motifs is 1. The number of benzene rings is 11. The molecular weight excluding hydrogens is 873 g/mol. The molecule has 11 aromatic carbocycles. The van der Waals surface area contributed by atoms with E-state index in [0.29, 0.717) is 0 Å². The van der Waals surface area contributed by atoms with Crippen LogP contribution in [0.5, 0.6) is 0 Å². The summed E-state index contributed by atoms with van der Waals surface area (Å²) in [7, 11) is 0. The Labute approximate surface area is 421 Å². The van der Waals surface area contributed by atoms with Crippen molar-refractivity contribution in [1.82, 2.24) is 9.97 Å². The van der Waals surface area contributed by atoms with E-state index in [2.05, 4.69) is 277 Å². The molecular formula is C68H48N4. The average molecular weight is 921 g/mol. The first-order valence-corrected chi connectivity index (χ1v) is 24.4. The Morgan fingerprint density at radius 1 is 0.167 bits per heavy atom. The van der Waals surface area contributed by atoms with Crippen molar-refractivity contribution in [3.8, 4) is 67.0 Å². The van der Waals surface area contributed by atoms with Crippen LogP contribution < -0.4 is 9.80 Å². The molecule has 4 heteroatoms. The van der Waals surface area contributed by atoms with Crippen LogP contribution in [0.2, 0.25) is 0 Å². The summed E-state index contributed by atoms with van der Waals surface area (Å²) < 4.78 is 0. The van der Waals surface area contributed by atoms with Crippen LogP contribution in [-0.2, 0) is 0 Å². The number of nitrogens with zero attached hydrogens (tertiary/aromatic N) is 4. The van der Waals surface area contributed by atoms with Gasteiger partial charge in [0.05, 0.1) is 22.4 Å². The molecule has 0 radical (unpaired) electrons. The number of hydrogen-bond donors (Lipinski definition) is 0. The van der Waals surface area contributed by atoms with Crippen LogP contribution in [0.1, 0.15) is 0 Å². The zero-order valence-corrected chi connectivity index (χ0v) is 39.5. The molecule has 0 fully saturated rings. The maximum absolute atomic E-state index is 5.24. The van der Waals surface area contributed by atoms with E-state index >= 15 is 0 Å². The molecule has 0 aliphatic carbocycles. The van der Waals surface area contributed by atoms with Crippen molar-refractivity contribution in [2.75, 3.05) is 9.80 Å². The van der Waals surface area contributed by atoms with Gasteiger partial charge in [0.25, 0.3) is 0 Å². The summed E-state index contributed by atoms with van der Waals surface area (Å²) in [6, 6.07) is 103. The normalized spacial score (nSPS) is 11.1. The SMILES string of the molecule is c1ccc(-c2ccc(N(c3ccccc3)c3ccc(-c4ccc(-c5nc6ccccc6nc5-c5ccc(-c6ccc(N(c7ccccc7)c7ccc(-c8ccccc8)cc7)cc6)cc5)cc4)cc3)cc2)cc1. The molecule has 0 saturated carbocycles. The highest BCUT2D eigenvalue weighted by molar-refractivity contribution is 5.88. The molecule has 0 atom stereocenters. The third-order valence-electron chi connectivity index (χ3n) is 13.3. The topological polar surface area (TPSA) is 32.3 Å². The van der Waals surface area contributed by atoms with E-state index in [1.807, 2.05) is 24.3 Å². The molecule has 12 rings (SSSR count).